The Bertz CT molecular complexity index is 817. The third-order valence-electron chi connectivity index (χ3n) is 10.4. The van der Waals surface area contributed by atoms with Crippen LogP contribution in [0.25, 0.3) is 0 Å². The van der Waals surface area contributed by atoms with Gasteiger partial charge >= 0.3 is 0 Å². The van der Waals surface area contributed by atoms with Crippen LogP contribution in [0.5, 0.6) is 0 Å². The van der Waals surface area contributed by atoms with E-state index >= 15 is 0 Å². The van der Waals surface area contributed by atoms with E-state index in [-0.39, 0.29) is 11.8 Å². The van der Waals surface area contributed by atoms with Crippen LogP contribution in [0.3, 0.4) is 0 Å². The number of rotatable bonds is 38. The van der Waals surface area contributed by atoms with Crippen LogP contribution in [0.15, 0.2) is 24.3 Å². The highest BCUT2D eigenvalue weighted by atomic mass is 16.2. The van der Waals surface area contributed by atoms with Gasteiger partial charge in [0.15, 0.2) is 0 Å². The Hall–Kier alpha value is -1.84. The van der Waals surface area contributed by atoms with Gasteiger partial charge in [0, 0.05) is 24.2 Å². The topological polar surface area (TPSA) is 58.2 Å². The highest BCUT2D eigenvalue weighted by Crippen LogP contribution is 2.19. The number of carbonyl (C=O) groups excluding carboxylic acids is 2. The molecule has 0 radical (unpaired) electrons. The van der Waals surface area contributed by atoms with Gasteiger partial charge in [-0.1, -0.05) is 225 Å². The largest absolute Gasteiger partial charge is 0.326 e. The number of nitrogens with one attached hydrogen (secondary N) is 2. The second-order valence-corrected chi connectivity index (χ2v) is 15.5. The summed E-state index contributed by atoms with van der Waals surface area (Å²) < 4.78 is 0. The van der Waals surface area contributed by atoms with E-state index in [4.69, 9.17) is 0 Å². The van der Waals surface area contributed by atoms with Crippen LogP contribution in [0.4, 0.5) is 11.4 Å². The van der Waals surface area contributed by atoms with Crippen LogP contribution in [0.2, 0.25) is 0 Å². The van der Waals surface area contributed by atoms with Crippen LogP contribution in [0, 0.1) is 0 Å². The summed E-state index contributed by atoms with van der Waals surface area (Å²) >= 11 is 0. The lowest BCUT2D eigenvalue weighted by Gasteiger charge is -2.09. The molecule has 1 aromatic carbocycles. The molecule has 0 unspecified atom stereocenters. The molecule has 4 nitrogen and oxygen atoms in total. The molecule has 0 saturated heterocycles. The Labute approximate surface area is 311 Å². The van der Waals surface area contributed by atoms with Gasteiger partial charge in [-0.15, -0.1) is 0 Å². The molecule has 2 N–H and O–H groups in total. The molecular weight excluding hydrogens is 613 g/mol. The fourth-order valence-corrected chi connectivity index (χ4v) is 7.14. The molecular formula is C46H84N2O2. The third-order valence-corrected chi connectivity index (χ3v) is 10.4. The monoisotopic (exact) mass is 697 g/mol. The molecule has 50 heavy (non-hydrogen) atoms. The molecule has 2 amide bonds. The SMILES string of the molecule is CCCCCCCCCCCCCCCCCCCC(=O)Nc1cccc(NC(=O)CCCCCCCCCCCCCCCCCCC)c1. The molecule has 0 fully saturated rings. The van der Waals surface area contributed by atoms with Crippen LogP contribution in [-0.2, 0) is 9.59 Å². The van der Waals surface area contributed by atoms with Crippen molar-refractivity contribution in [1.29, 1.82) is 0 Å². The Kier molecular flexibility index (Phi) is 34.1. The van der Waals surface area contributed by atoms with E-state index in [0.29, 0.717) is 12.8 Å². The van der Waals surface area contributed by atoms with Crippen LogP contribution >= 0.6 is 0 Å². The van der Waals surface area contributed by atoms with Gasteiger partial charge in [-0.05, 0) is 31.0 Å². The highest BCUT2D eigenvalue weighted by Gasteiger charge is 2.06. The zero-order valence-electron chi connectivity index (χ0n) is 33.6. The summed E-state index contributed by atoms with van der Waals surface area (Å²) in [5.74, 6) is 0.135. The Morgan fingerprint density at radius 3 is 0.820 bits per heavy atom. The first-order valence-electron chi connectivity index (χ1n) is 22.4. The molecule has 1 aromatic rings. The first-order chi connectivity index (χ1) is 24.7. The number of amides is 2. The molecule has 0 aromatic heterocycles. The summed E-state index contributed by atoms with van der Waals surface area (Å²) in [6, 6.07) is 7.58. The molecule has 0 spiro atoms. The second kappa shape index (κ2) is 36.9. The Morgan fingerprint density at radius 2 is 0.580 bits per heavy atom. The van der Waals surface area contributed by atoms with Gasteiger partial charge in [-0.2, -0.15) is 0 Å². The fraction of sp³-hybridized carbons (Fsp3) is 0.826. The molecule has 0 atom stereocenters. The zero-order chi connectivity index (χ0) is 36.0. The maximum atomic E-state index is 12.5. The number of hydrogen-bond acceptors (Lipinski definition) is 2. The molecule has 290 valence electrons. The van der Waals surface area contributed by atoms with Crippen molar-refractivity contribution >= 4 is 23.2 Å². The molecule has 0 aliphatic heterocycles. The maximum Gasteiger partial charge on any atom is 0.224 e. The molecule has 0 saturated carbocycles. The Morgan fingerprint density at radius 1 is 0.360 bits per heavy atom. The van der Waals surface area contributed by atoms with Crippen molar-refractivity contribution in [3.8, 4) is 0 Å². The van der Waals surface area contributed by atoms with Gasteiger partial charge in [0.05, 0.1) is 0 Å². The van der Waals surface area contributed by atoms with Crippen LogP contribution in [0.1, 0.15) is 245 Å². The van der Waals surface area contributed by atoms with Crippen molar-refractivity contribution < 1.29 is 9.59 Å². The van der Waals surface area contributed by atoms with Crippen molar-refractivity contribution in [2.24, 2.45) is 0 Å². The highest BCUT2D eigenvalue weighted by molar-refractivity contribution is 5.94. The lowest BCUT2D eigenvalue weighted by atomic mass is 10.0. The normalized spacial score (nSPS) is 11.2. The van der Waals surface area contributed by atoms with Crippen molar-refractivity contribution in [2.45, 2.75) is 245 Å². The second-order valence-electron chi connectivity index (χ2n) is 15.5. The zero-order valence-corrected chi connectivity index (χ0v) is 33.6. The van der Waals surface area contributed by atoms with Gasteiger partial charge in [0.2, 0.25) is 11.8 Å². The molecule has 4 heteroatoms. The Balaban J connectivity index is 1.93. The minimum absolute atomic E-state index is 0.0675. The summed E-state index contributed by atoms with van der Waals surface area (Å²) in [4.78, 5) is 25.0. The lowest BCUT2D eigenvalue weighted by molar-refractivity contribution is -0.117. The van der Waals surface area contributed by atoms with Gasteiger partial charge in [0.1, 0.15) is 0 Å². The number of carbonyl (C=O) groups is 2. The number of unbranched alkanes of at least 4 members (excludes halogenated alkanes) is 32. The average molecular weight is 697 g/mol. The minimum atomic E-state index is 0.0675. The first-order valence-corrected chi connectivity index (χ1v) is 22.4. The molecule has 0 bridgehead atoms. The van der Waals surface area contributed by atoms with Crippen molar-refractivity contribution in [1.82, 2.24) is 0 Å². The standard InChI is InChI=1S/C46H84N2O2/c1-3-5-7-9-11-13-15-17-19-21-23-25-27-29-31-33-35-40-45(49)47-43-38-37-39-44(42-43)48-46(50)41-36-34-32-30-28-26-24-22-20-18-16-14-12-10-8-6-4-2/h37-39,42H,3-36,40-41H2,1-2H3,(H,47,49)(H,48,50). The van der Waals surface area contributed by atoms with E-state index in [1.165, 1.54) is 193 Å². The lowest BCUT2D eigenvalue weighted by Crippen LogP contribution is -2.13. The van der Waals surface area contributed by atoms with Crippen LogP contribution in [-0.4, -0.2) is 11.8 Å². The minimum Gasteiger partial charge on any atom is -0.326 e. The maximum absolute atomic E-state index is 12.5. The van der Waals surface area contributed by atoms with E-state index in [1.54, 1.807) is 0 Å². The van der Waals surface area contributed by atoms with E-state index < -0.39 is 0 Å². The van der Waals surface area contributed by atoms with Crippen molar-refractivity contribution in [2.75, 3.05) is 10.6 Å². The predicted octanol–water partition coefficient (Wildman–Crippen LogP) is 15.6. The van der Waals surface area contributed by atoms with Crippen molar-refractivity contribution in [3.05, 3.63) is 24.3 Å². The predicted molar refractivity (Wildman–Crippen MR) is 221 cm³/mol. The van der Waals surface area contributed by atoms with Gasteiger partial charge in [0.25, 0.3) is 0 Å². The quantitative estimate of drug-likeness (QED) is 0.0676. The summed E-state index contributed by atoms with van der Waals surface area (Å²) in [6.45, 7) is 4.57. The fourth-order valence-electron chi connectivity index (χ4n) is 7.14. The molecule has 0 aliphatic rings. The van der Waals surface area contributed by atoms with Gasteiger partial charge < -0.3 is 10.6 Å². The summed E-state index contributed by atoms with van der Waals surface area (Å²) in [5.41, 5.74) is 1.52. The summed E-state index contributed by atoms with van der Waals surface area (Å²) in [5, 5.41) is 6.05. The molecule has 0 heterocycles. The van der Waals surface area contributed by atoms with Crippen LogP contribution < -0.4 is 10.6 Å². The summed E-state index contributed by atoms with van der Waals surface area (Å²) in [7, 11) is 0. The van der Waals surface area contributed by atoms with E-state index in [1.807, 2.05) is 24.3 Å². The average Bonchev–Trinajstić information content (AvgIpc) is 3.11. The van der Waals surface area contributed by atoms with Gasteiger partial charge in [-0.3, -0.25) is 9.59 Å². The summed E-state index contributed by atoms with van der Waals surface area (Å²) in [6.07, 6.45) is 46.8. The number of anilines is 2. The smallest absolute Gasteiger partial charge is 0.224 e. The van der Waals surface area contributed by atoms with Crippen molar-refractivity contribution in [3.63, 3.8) is 0 Å². The van der Waals surface area contributed by atoms with E-state index in [9.17, 15) is 9.59 Å². The first kappa shape index (κ1) is 46.2. The van der Waals surface area contributed by atoms with E-state index in [2.05, 4.69) is 24.5 Å². The van der Waals surface area contributed by atoms with E-state index in [0.717, 1.165) is 37.1 Å². The molecule has 1 rings (SSSR count). The molecule has 0 aliphatic carbocycles. The van der Waals surface area contributed by atoms with Gasteiger partial charge in [-0.25, -0.2) is 0 Å². The number of benzene rings is 1. The number of hydrogen-bond donors (Lipinski definition) is 2. The third kappa shape index (κ3) is 32.1.